The van der Waals surface area contributed by atoms with Gasteiger partial charge in [0.05, 0.1) is 11.0 Å². The lowest BCUT2D eigenvalue weighted by molar-refractivity contribution is -0.115. The van der Waals surface area contributed by atoms with Crippen molar-refractivity contribution in [2.75, 3.05) is 17.2 Å². The molecule has 0 bridgehead atoms. The lowest BCUT2D eigenvalue weighted by Gasteiger charge is -2.12. The summed E-state index contributed by atoms with van der Waals surface area (Å²) in [5.41, 5.74) is 3.14. The fraction of sp³-hybridized carbons (Fsp3) is 0.238. The molecule has 0 radical (unpaired) electrons. The number of hydrogen-bond donors (Lipinski definition) is 3. The van der Waals surface area contributed by atoms with Crippen molar-refractivity contribution in [3.8, 4) is 0 Å². The molecule has 0 fully saturated rings. The Morgan fingerprint density at radius 2 is 1.59 bits per heavy atom. The number of hydrogen-bond acceptors (Lipinski definition) is 4. The van der Waals surface area contributed by atoms with Crippen LogP contribution in [0.5, 0.6) is 0 Å². The molecule has 0 aliphatic carbocycles. The zero-order valence-corrected chi connectivity index (χ0v) is 16.6. The molecule has 0 aliphatic heterocycles. The number of anilines is 2. The van der Waals surface area contributed by atoms with Crippen molar-refractivity contribution in [1.82, 2.24) is 14.9 Å². The highest BCUT2D eigenvalue weighted by Crippen LogP contribution is 2.20. The molecule has 3 N–H and O–H groups in total. The second-order valence-electron chi connectivity index (χ2n) is 6.72. The molecule has 0 saturated carbocycles. The number of rotatable bonds is 6. The van der Waals surface area contributed by atoms with Crippen LogP contribution >= 0.6 is 0 Å². The van der Waals surface area contributed by atoms with Gasteiger partial charge in [-0.2, -0.15) is 0 Å². The average Bonchev–Trinajstić information content (AvgIpc) is 2.96. The van der Waals surface area contributed by atoms with E-state index in [0.717, 1.165) is 16.9 Å². The molecule has 8 nitrogen and oxygen atoms in total. The number of para-hydroxylation sites is 2. The normalized spacial score (nSPS) is 10.6. The summed E-state index contributed by atoms with van der Waals surface area (Å²) < 4.78 is 2.05. The highest BCUT2D eigenvalue weighted by molar-refractivity contribution is 5.99. The highest BCUT2D eigenvalue weighted by atomic mass is 16.2. The lowest BCUT2D eigenvalue weighted by atomic mass is 10.1. The number of aromatic nitrogens is 2. The maximum Gasteiger partial charge on any atom is 0.251 e. The van der Waals surface area contributed by atoms with Crippen molar-refractivity contribution in [3.05, 3.63) is 53.9 Å². The van der Waals surface area contributed by atoms with Gasteiger partial charge in [0, 0.05) is 43.9 Å². The van der Waals surface area contributed by atoms with Crippen LogP contribution in [0.1, 0.15) is 30.0 Å². The van der Waals surface area contributed by atoms with Gasteiger partial charge < -0.3 is 20.5 Å². The van der Waals surface area contributed by atoms with Crippen LogP contribution in [0.2, 0.25) is 0 Å². The largest absolute Gasteiger partial charge is 0.350 e. The van der Waals surface area contributed by atoms with Gasteiger partial charge in [-0.05, 0) is 37.3 Å². The first kappa shape index (κ1) is 20.1. The van der Waals surface area contributed by atoms with Gasteiger partial charge in [-0.25, -0.2) is 4.98 Å². The molecule has 0 atom stereocenters. The minimum Gasteiger partial charge on any atom is -0.350 e. The number of benzene rings is 2. The van der Waals surface area contributed by atoms with Crippen LogP contribution in [-0.4, -0.2) is 33.8 Å². The zero-order chi connectivity index (χ0) is 21.0. The number of imidazole rings is 1. The third kappa shape index (κ3) is 4.98. The number of amides is 3. The molecule has 3 rings (SSSR count). The molecule has 2 aromatic carbocycles. The number of carbonyl (C=O) groups is 3. The number of carbonyl (C=O) groups excluding carboxylic acids is 3. The molecule has 0 saturated heterocycles. The molecule has 3 aromatic rings. The van der Waals surface area contributed by atoms with Gasteiger partial charge in [0.25, 0.3) is 5.91 Å². The smallest absolute Gasteiger partial charge is 0.251 e. The summed E-state index contributed by atoms with van der Waals surface area (Å²) in [5.74, 6) is 0.0458. The van der Waals surface area contributed by atoms with Crippen molar-refractivity contribution in [1.29, 1.82) is 0 Å². The molecule has 29 heavy (non-hydrogen) atoms. The zero-order valence-electron chi connectivity index (χ0n) is 16.6. The van der Waals surface area contributed by atoms with E-state index < -0.39 is 0 Å². The molecule has 150 valence electrons. The molecule has 3 amide bonds. The summed E-state index contributed by atoms with van der Waals surface area (Å²) >= 11 is 0. The van der Waals surface area contributed by atoms with Crippen LogP contribution in [-0.2, 0) is 16.1 Å². The van der Waals surface area contributed by atoms with E-state index in [1.54, 1.807) is 18.2 Å². The number of nitrogens with one attached hydrogen (secondary N) is 3. The molecule has 0 unspecified atom stereocenters. The minimum atomic E-state index is -0.300. The van der Waals surface area contributed by atoms with Crippen LogP contribution in [0.25, 0.3) is 11.0 Å². The Morgan fingerprint density at radius 3 is 2.21 bits per heavy atom. The number of nitrogens with zero attached hydrogens (tertiary/aromatic N) is 2. The summed E-state index contributed by atoms with van der Waals surface area (Å²) in [4.78, 5) is 39.9. The topological polar surface area (TPSA) is 105 Å². The van der Waals surface area contributed by atoms with Gasteiger partial charge in [0.15, 0.2) is 0 Å². The predicted octanol–water partition coefficient (Wildman–Crippen LogP) is 2.69. The molecule has 0 aliphatic rings. The van der Waals surface area contributed by atoms with E-state index in [-0.39, 0.29) is 17.7 Å². The number of fused-ring (bicyclic) bond motifs is 1. The Kier molecular flexibility index (Phi) is 5.92. The predicted molar refractivity (Wildman–Crippen MR) is 112 cm³/mol. The summed E-state index contributed by atoms with van der Waals surface area (Å²) in [5, 5.41) is 8.15. The van der Waals surface area contributed by atoms with Gasteiger partial charge in [-0.3, -0.25) is 14.4 Å². The maximum absolute atomic E-state index is 12.6. The molecular weight excluding hydrogens is 370 g/mol. The van der Waals surface area contributed by atoms with Crippen molar-refractivity contribution in [2.45, 2.75) is 27.3 Å². The van der Waals surface area contributed by atoms with E-state index in [4.69, 9.17) is 0 Å². The molecule has 1 heterocycles. The van der Waals surface area contributed by atoms with Gasteiger partial charge in [-0.15, -0.1) is 0 Å². The number of aryl methyl sites for hydroxylation is 1. The van der Waals surface area contributed by atoms with Crippen LogP contribution in [0.15, 0.2) is 42.5 Å². The Bertz CT molecular complexity index is 1050. The first-order valence-electron chi connectivity index (χ1n) is 9.24. The fourth-order valence-corrected chi connectivity index (χ4v) is 3.17. The fourth-order valence-electron chi connectivity index (χ4n) is 3.17. The van der Waals surface area contributed by atoms with Crippen molar-refractivity contribution in [2.24, 2.45) is 0 Å². The molecular formula is C21H23N5O3. The monoisotopic (exact) mass is 393 g/mol. The van der Waals surface area contributed by atoms with Gasteiger partial charge in [0.2, 0.25) is 11.8 Å². The van der Waals surface area contributed by atoms with Crippen LogP contribution in [0, 0.1) is 6.92 Å². The van der Waals surface area contributed by atoms with Gasteiger partial charge >= 0.3 is 0 Å². The lowest BCUT2D eigenvalue weighted by Crippen LogP contribution is -2.27. The van der Waals surface area contributed by atoms with E-state index in [1.165, 1.54) is 13.8 Å². The van der Waals surface area contributed by atoms with Crippen LogP contribution in [0.3, 0.4) is 0 Å². The molecule has 1 aromatic heterocycles. The molecule has 8 heteroatoms. The van der Waals surface area contributed by atoms with E-state index in [9.17, 15) is 14.4 Å². The van der Waals surface area contributed by atoms with Crippen LogP contribution in [0.4, 0.5) is 11.4 Å². The Morgan fingerprint density at radius 1 is 0.966 bits per heavy atom. The summed E-state index contributed by atoms with van der Waals surface area (Å²) in [6.07, 6.45) is 0. The van der Waals surface area contributed by atoms with E-state index in [0.29, 0.717) is 30.0 Å². The second kappa shape index (κ2) is 8.55. The maximum atomic E-state index is 12.6. The summed E-state index contributed by atoms with van der Waals surface area (Å²) in [6.45, 7) is 5.66. The average molecular weight is 393 g/mol. The second-order valence-corrected chi connectivity index (χ2v) is 6.72. The van der Waals surface area contributed by atoms with Gasteiger partial charge in [0.1, 0.15) is 5.82 Å². The first-order valence-corrected chi connectivity index (χ1v) is 9.24. The Hall–Kier alpha value is -3.68. The van der Waals surface area contributed by atoms with E-state index in [2.05, 4.69) is 20.9 Å². The van der Waals surface area contributed by atoms with E-state index in [1.807, 2.05) is 35.8 Å². The van der Waals surface area contributed by atoms with Crippen LogP contribution < -0.4 is 16.0 Å². The van der Waals surface area contributed by atoms with Crippen molar-refractivity contribution in [3.63, 3.8) is 0 Å². The third-order valence-corrected chi connectivity index (χ3v) is 4.30. The summed E-state index contributed by atoms with van der Waals surface area (Å²) in [6, 6.07) is 12.6. The SMILES string of the molecule is CC(=O)Nc1cc(NC(C)=O)cc(C(=O)NCCn2c(C)nc3ccccc32)c1. The van der Waals surface area contributed by atoms with Crippen molar-refractivity contribution >= 4 is 40.1 Å². The van der Waals surface area contributed by atoms with Gasteiger partial charge in [-0.1, -0.05) is 12.1 Å². The standard InChI is InChI=1S/C21H23N5O3/c1-13-23-19-6-4-5-7-20(19)26(13)9-8-22-21(29)16-10-17(24-14(2)27)12-18(11-16)25-15(3)28/h4-7,10-12H,8-9H2,1-3H3,(H,22,29)(H,24,27)(H,25,28). The first-order chi connectivity index (χ1) is 13.8. The van der Waals surface area contributed by atoms with E-state index >= 15 is 0 Å². The molecule has 0 spiro atoms. The van der Waals surface area contributed by atoms with Crippen molar-refractivity contribution < 1.29 is 14.4 Å². The summed E-state index contributed by atoms with van der Waals surface area (Å²) in [7, 11) is 0. The quantitative estimate of drug-likeness (QED) is 0.599. The Balaban J connectivity index is 1.73. The minimum absolute atomic E-state index is 0.265. The highest BCUT2D eigenvalue weighted by Gasteiger charge is 2.11. The third-order valence-electron chi connectivity index (χ3n) is 4.30. The Labute approximate surface area is 168 Å².